The number of benzene rings is 1. The molecular formula is C12H16ClN5O2S. The number of halogens is 1. The summed E-state index contributed by atoms with van der Waals surface area (Å²) >= 11 is 5.95. The first-order chi connectivity index (χ1) is 9.94. The zero-order valence-corrected chi connectivity index (χ0v) is 13.0. The van der Waals surface area contributed by atoms with Gasteiger partial charge in [0.1, 0.15) is 0 Å². The molecule has 0 saturated heterocycles. The van der Waals surface area contributed by atoms with Gasteiger partial charge in [-0.1, -0.05) is 16.8 Å². The number of rotatable bonds is 6. The van der Waals surface area contributed by atoms with Crippen LogP contribution >= 0.6 is 11.6 Å². The number of nitrogens with one attached hydrogen (secondary N) is 1. The molecule has 0 aliphatic heterocycles. The predicted octanol–water partition coefficient (Wildman–Crippen LogP) is 0.677. The van der Waals surface area contributed by atoms with Gasteiger partial charge in [-0.05, 0) is 30.2 Å². The Labute approximate surface area is 128 Å². The molecule has 1 aromatic carbocycles. The Balaban J connectivity index is 2.17. The maximum absolute atomic E-state index is 12.3. The van der Waals surface area contributed by atoms with Crippen molar-refractivity contribution in [3.8, 4) is 0 Å². The SMILES string of the molecule is Cc1c(CN)cc(Cl)cc1S(=O)(=O)NCCn1ccnn1. The highest BCUT2D eigenvalue weighted by Gasteiger charge is 2.19. The Bertz CT molecular complexity index is 715. The zero-order chi connectivity index (χ0) is 15.5. The third-order valence-electron chi connectivity index (χ3n) is 3.05. The van der Waals surface area contributed by atoms with E-state index in [4.69, 9.17) is 17.3 Å². The number of hydrogen-bond acceptors (Lipinski definition) is 5. The summed E-state index contributed by atoms with van der Waals surface area (Å²) < 4.78 is 28.7. The molecule has 0 aliphatic carbocycles. The lowest BCUT2D eigenvalue weighted by Crippen LogP contribution is -2.28. The van der Waals surface area contributed by atoms with E-state index in [9.17, 15) is 8.42 Å². The van der Waals surface area contributed by atoms with E-state index in [0.29, 0.717) is 22.7 Å². The number of nitrogens with zero attached hydrogens (tertiary/aromatic N) is 3. The molecular weight excluding hydrogens is 314 g/mol. The van der Waals surface area contributed by atoms with Crippen LogP contribution in [0.5, 0.6) is 0 Å². The Morgan fingerprint density at radius 3 is 2.81 bits per heavy atom. The largest absolute Gasteiger partial charge is 0.326 e. The van der Waals surface area contributed by atoms with Gasteiger partial charge in [0.25, 0.3) is 0 Å². The minimum atomic E-state index is -3.65. The monoisotopic (exact) mass is 329 g/mol. The molecule has 0 atom stereocenters. The van der Waals surface area contributed by atoms with Crippen LogP contribution in [0.15, 0.2) is 29.4 Å². The summed E-state index contributed by atoms with van der Waals surface area (Å²) in [5, 5.41) is 7.76. The van der Waals surface area contributed by atoms with Crippen LogP contribution in [0.3, 0.4) is 0 Å². The molecule has 0 saturated carbocycles. The van der Waals surface area contributed by atoms with Crippen LogP contribution in [0.4, 0.5) is 0 Å². The van der Waals surface area contributed by atoms with Gasteiger partial charge in [-0.15, -0.1) is 5.10 Å². The maximum Gasteiger partial charge on any atom is 0.240 e. The number of aromatic nitrogens is 3. The van der Waals surface area contributed by atoms with Gasteiger partial charge in [-0.25, -0.2) is 13.1 Å². The number of sulfonamides is 1. The molecule has 2 rings (SSSR count). The van der Waals surface area contributed by atoms with Gasteiger partial charge in [0.05, 0.1) is 17.6 Å². The van der Waals surface area contributed by atoms with Crippen molar-refractivity contribution < 1.29 is 8.42 Å². The fourth-order valence-corrected chi connectivity index (χ4v) is 3.56. The molecule has 0 bridgehead atoms. The predicted molar refractivity (Wildman–Crippen MR) is 79.3 cm³/mol. The summed E-state index contributed by atoms with van der Waals surface area (Å²) in [7, 11) is -3.65. The average molecular weight is 330 g/mol. The normalized spacial score (nSPS) is 11.8. The minimum absolute atomic E-state index is 0.147. The van der Waals surface area contributed by atoms with Gasteiger partial charge < -0.3 is 5.73 Å². The van der Waals surface area contributed by atoms with Gasteiger partial charge in [-0.3, -0.25) is 4.68 Å². The Kier molecular flexibility index (Phi) is 4.94. The molecule has 0 radical (unpaired) electrons. The van der Waals surface area contributed by atoms with E-state index >= 15 is 0 Å². The van der Waals surface area contributed by atoms with Crippen molar-refractivity contribution >= 4 is 21.6 Å². The minimum Gasteiger partial charge on any atom is -0.326 e. The molecule has 0 amide bonds. The van der Waals surface area contributed by atoms with Crippen molar-refractivity contribution in [2.45, 2.75) is 24.9 Å². The summed E-state index contributed by atoms with van der Waals surface area (Å²) in [5.74, 6) is 0. The summed E-state index contributed by atoms with van der Waals surface area (Å²) in [6, 6.07) is 3.10. The van der Waals surface area contributed by atoms with E-state index < -0.39 is 10.0 Å². The second-order valence-electron chi connectivity index (χ2n) is 4.46. The van der Waals surface area contributed by atoms with Crippen molar-refractivity contribution in [2.24, 2.45) is 5.73 Å². The Hall–Kier alpha value is -1.48. The van der Waals surface area contributed by atoms with Crippen LogP contribution in [0.1, 0.15) is 11.1 Å². The molecule has 21 heavy (non-hydrogen) atoms. The molecule has 0 unspecified atom stereocenters. The van der Waals surface area contributed by atoms with Crippen molar-refractivity contribution in [2.75, 3.05) is 6.54 Å². The van der Waals surface area contributed by atoms with Crippen LogP contribution in [0.25, 0.3) is 0 Å². The molecule has 0 aliphatic rings. The fraction of sp³-hybridized carbons (Fsp3) is 0.333. The number of hydrogen-bond donors (Lipinski definition) is 2. The Morgan fingerprint density at radius 1 is 1.43 bits per heavy atom. The summed E-state index contributed by atoms with van der Waals surface area (Å²) in [6.07, 6.45) is 3.19. The number of nitrogens with two attached hydrogens (primary N) is 1. The van der Waals surface area contributed by atoms with E-state index in [2.05, 4.69) is 15.0 Å². The van der Waals surface area contributed by atoms with Gasteiger partial charge in [0.15, 0.2) is 0 Å². The smallest absolute Gasteiger partial charge is 0.240 e. The molecule has 9 heteroatoms. The van der Waals surface area contributed by atoms with Crippen LogP contribution < -0.4 is 10.5 Å². The van der Waals surface area contributed by atoms with Gasteiger partial charge in [-0.2, -0.15) is 0 Å². The molecule has 0 spiro atoms. The van der Waals surface area contributed by atoms with Crippen molar-refractivity contribution in [1.82, 2.24) is 19.7 Å². The zero-order valence-electron chi connectivity index (χ0n) is 11.5. The molecule has 3 N–H and O–H groups in total. The molecule has 7 nitrogen and oxygen atoms in total. The summed E-state index contributed by atoms with van der Waals surface area (Å²) in [6.45, 7) is 2.54. The van der Waals surface area contributed by atoms with E-state index in [1.807, 2.05) is 0 Å². The highest BCUT2D eigenvalue weighted by molar-refractivity contribution is 7.89. The van der Waals surface area contributed by atoms with Gasteiger partial charge in [0.2, 0.25) is 10.0 Å². The fourth-order valence-electron chi connectivity index (χ4n) is 1.92. The summed E-state index contributed by atoms with van der Waals surface area (Å²) in [4.78, 5) is 0.147. The Morgan fingerprint density at radius 2 is 2.19 bits per heavy atom. The lowest BCUT2D eigenvalue weighted by Gasteiger charge is -2.12. The molecule has 1 aromatic heterocycles. The van der Waals surface area contributed by atoms with E-state index in [1.54, 1.807) is 23.9 Å². The quantitative estimate of drug-likeness (QED) is 0.811. The highest BCUT2D eigenvalue weighted by Crippen LogP contribution is 2.24. The van der Waals surface area contributed by atoms with Crippen LogP contribution in [0, 0.1) is 6.92 Å². The average Bonchev–Trinajstić information content (AvgIpc) is 2.93. The molecule has 2 aromatic rings. The third kappa shape index (κ3) is 3.79. The molecule has 0 fully saturated rings. The van der Waals surface area contributed by atoms with Crippen molar-refractivity contribution in [3.05, 3.63) is 40.7 Å². The lowest BCUT2D eigenvalue weighted by atomic mass is 10.1. The first-order valence-corrected chi connectivity index (χ1v) is 8.13. The van der Waals surface area contributed by atoms with Crippen LogP contribution in [0.2, 0.25) is 5.02 Å². The maximum atomic E-state index is 12.3. The van der Waals surface area contributed by atoms with Crippen LogP contribution in [-0.4, -0.2) is 30.0 Å². The van der Waals surface area contributed by atoms with Crippen molar-refractivity contribution in [1.29, 1.82) is 0 Å². The standard InChI is InChI=1S/C12H16ClN5O2S/c1-9-10(8-14)6-11(13)7-12(9)21(19,20)16-3-5-18-4-2-15-17-18/h2,4,6-7,16H,3,5,8,14H2,1H3. The molecule has 114 valence electrons. The first kappa shape index (κ1) is 15.9. The first-order valence-electron chi connectivity index (χ1n) is 6.27. The van der Waals surface area contributed by atoms with E-state index in [0.717, 1.165) is 0 Å². The second kappa shape index (κ2) is 6.52. The van der Waals surface area contributed by atoms with Gasteiger partial charge in [0, 0.05) is 24.3 Å². The topological polar surface area (TPSA) is 103 Å². The van der Waals surface area contributed by atoms with Crippen LogP contribution in [-0.2, 0) is 23.1 Å². The second-order valence-corrected chi connectivity index (χ2v) is 6.63. The highest BCUT2D eigenvalue weighted by atomic mass is 35.5. The molecule has 1 heterocycles. The lowest BCUT2D eigenvalue weighted by molar-refractivity contribution is 0.552. The van der Waals surface area contributed by atoms with Gasteiger partial charge >= 0.3 is 0 Å². The van der Waals surface area contributed by atoms with E-state index in [-0.39, 0.29) is 18.0 Å². The van der Waals surface area contributed by atoms with E-state index in [1.165, 1.54) is 12.3 Å². The third-order valence-corrected chi connectivity index (χ3v) is 4.85. The summed E-state index contributed by atoms with van der Waals surface area (Å²) in [5.41, 5.74) is 6.92. The van der Waals surface area contributed by atoms with Crippen molar-refractivity contribution in [3.63, 3.8) is 0 Å².